The van der Waals surface area contributed by atoms with Gasteiger partial charge in [-0.1, -0.05) is 5.57 Å². The number of nitrogens with one attached hydrogen (secondary N) is 1. The molecule has 7 heteroatoms. The molecule has 5 nitrogen and oxygen atoms in total. The second-order valence-electron chi connectivity index (χ2n) is 5.89. The topological polar surface area (TPSA) is 43.0 Å². The molecule has 1 aromatic carbocycles. The normalized spacial score (nSPS) is 15.4. The summed E-state index contributed by atoms with van der Waals surface area (Å²) >= 11 is 0. The van der Waals surface area contributed by atoms with Gasteiger partial charge >= 0.3 is 0 Å². The van der Waals surface area contributed by atoms with Crippen molar-refractivity contribution in [1.82, 2.24) is 10.2 Å². The molecule has 0 unspecified atom stereocenters. The lowest BCUT2D eigenvalue weighted by molar-refractivity contribution is 0.168. The van der Waals surface area contributed by atoms with E-state index in [9.17, 15) is 0 Å². The van der Waals surface area contributed by atoms with Gasteiger partial charge in [0.1, 0.15) is 0 Å². The smallest absolute Gasteiger partial charge is 0.203 e. The molecule has 0 amide bonds. The molecule has 1 fully saturated rings. The molecule has 1 aliphatic heterocycles. The van der Waals surface area contributed by atoms with E-state index in [1.807, 2.05) is 6.07 Å². The van der Waals surface area contributed by atoms with Gasteiger partial charge in [0.25, 0.3) is 0 Å². The minimum atomic E-state index is 0. The van der Waals surface area contributed by atoms with Gasteiger partial charge in [0.05, 0.1) is 21.3 Å². The lowest BCUT2D eigenvalue weighted by Gasteiger charge is -2.36. The lowest BCUT2D eigenvalue weighted by Crippen LogP contribution is -2.45. The molecule has 0 spiro atoms. The Hall–Kier alpha value is -1.14. The molecule has 2 rings (SSSR count). The Morgan fingerprint density at radius 3 is 2.16 bits per heavy atom. The monoisotopic (exact) mass is 392 g/mol. The number of hydrogen-bond acceptors (Lipinski definition) is 5. The summed E-state index contributed by atoms with van der Waals surface area (Å²) in [5.41, 5.74) is 2.28. The number of rotatable bonds is 7. The second-order valence-corrected chi connectivity index (χ2v) is 5.89. The van der Waals surface area contributed by atoms with Crippen molar-refractivity contribution in [2.45, 2.75) is 19.4 Å². The van der Waals surface area contributed by atoms with Crippen molar-refractivity contribution in [3.8, 4) is 17.2 Å². The summed E-state index contributed by atoms with van der Waals surface area (Å²) in [5, 5.41) is 3.40. The average molecular weight is 393 g/mol. The van der Waals surface area contributed by atoms with Gasteiger partial charge in [-0.2, -0.15) is 0 Å². The van der Waals surface area contributed by atoms with E-state index in [4.69, 9.17) is 14.2 Å². The van der Waals surface area contributed by atoms with Crippen LogP contribution in [0.5, 0.6) is 17.2 Å². The van der Waals surface area contributed by atoms with Crippen LogP contribution in [0, 0.1) is 0 Å². The summed E-state index contributed by atoms with van der Waals surface area (Å²) in [6, 6.07) is 4.25. The zero-order valence-corrected chi connectivity index (χ0v) is 17.1. The number of halogens is 2. The fraction of sp³-hybridized carbons (Fsp3) is 0.556. The minimum Gasteiger partial charge on any atom is -0.493 e. The Balaban J connectivity index is 0.00000288. The van der Waals surface area contributed by atoms with Crippen LogP contribution in [0.15, 0.2) is 24.3 Å². The van der Waals surface area contributed by atoms with E-state index in [0.717, 1.165) is 49.5 Å². The predicted molar refractivity (Wildman–Crippen MR) is 107 cm³/mol. The minimum absolute atomic E-state index is 0. The highest BCUT2D eigenvalue weighted by Gasteiger charge is 2.27. The first kappa shape index (κ1) is 23.9. The third-order valence-electron chi connectivity index (χ3n) is 4.23. The molecule has 0 bridgehead atoms. The van der Waals surface area contributed by atoms with Crippen molar-refractivity contribution in [2.24, 2.45) is 0 Å². The van der Waals surface area contributed by atoms with Gasteiger partial charge < -0.3 is 19.5 Å². The Kier molecular flexibility index (Phi) is 10.9. The molecule has 0 aliphatic carbocycles. The first-order valence-electron chi connectivity index (χ1n) is 8.00. The van der Waals surface area contributed by atoms with Crippen LogP contribution < -0.4 is 19.5 Å². The Morgan fingerprint density at radius 1 is 1.08 bits per heavy atom. The van der Waals surface area contributed by atoms with Crippen molar-refractivity contribution in [1.29, 1.82) is 0 Å². The number of hydrogen-bond donors (Lipinski definition) is 1. The molecular formula is C18H30Cl2N2O3. The summed E-state index contributed by atoms with van der Waals surface area (Å²) in [6.45, 7) is 10.2. The number of ether oxygens (including phenoxy) is 3. The first-order chi connectivity index (χ1) is 11.1. The fourth-order valence-corrected chi connectivity index (χ4v) is 3.15. The van der Waals surface area contributed by atoms with Gasteiger partial charge in [-0.05, 0) is 25.5 Å². The van der Waals surface area contributed by atoms with Crippen molar-refractivity contribution in [2.75, 3.05) is 47.5 Å². The maximum absolute atomic E-state index is 5.69. The SMILES string of the molecule is C=C(C)C[C@H](c1ccc(OC)c(OC)c1OC)N1CCNCC1.Cl.Cl. The van der Waals surface area contributed by atoms with Crippen LogP contribution >= 0.6 is 24.8 Å². The molecular weight excluding hydrogens is 363 g/mol. The van der Waals surface area contributed by atoms with E-state index in [-0.39, 0.29) is 30.9 Å². The summed E-state index contributed by atoms with van der Waals surface area (Å²) < 4.78 is 16.6. The van der Waals surface area contributed by atoms with E-state index < -0.39 is 0 Å². The van der Waals surface area contributed by atoms with E-state index in [0.29, 0.717) is 11.5 Å². The van der Waals surface area contributed by atoms with Crippen molar-refractivity contribution >= 4 is 24.8 Å². The molecule has 0 aromatic heterocycles. The van der Waals surface area contributed by atoms with Gasteiger partial charge in [-0.15, -0.1) is 31.4 Å². The Morgan fingerprint density at radius 2 is 1.68 bits per heavy atom. The van der Waals surface area contributed by atoms with Gasteiger partial charge in [-0.3, -0.25) is 4.90 Å². The number of piperazine rings is 1. The summed E-state index contributed by atoms with van der Waals surface area (Å²) in [5.74, 6) is 2.08. The highest BCUT2D eigenvalue weighted by Crippen LogP contribution is 2.44. The highest BCUT2D eigenvalue weighted by molar-refractivity contribution is 5.85. The van der Waals surface area contributed by atoms with Crippen molar-refractivity contribution in [3.05, 3.63) is 29.8 Å². The number of nitrogens with zero attached hydrogens (tertiary/aromatic N) is 1. The largest absolute Gasteiger partial charge is 0.493 e. The van der Waals surface area contributed by atoms with Crippen LogP contribution in [-0.2, 0) is 0 Å². The second kappa shape index (κ2) is 11.5. The van der Waals surface area contributed by atoms with E-state index >= 15 is 0 Å². The first-order valence-corrected chi connectivity index (χ1v) is 8.00. The zero-order chi connectivity index (χ0) is 16.8. The van der Waals surface area contributed by atoms with Gasteiger partial charge in [0, 0.05) is 37.8 Å². The molecule has 144 valence electrons. The van der Waals surface area contributed by atoms with E-state index in [1.54, 1.807) is 21.3 Å². The van der Waals surface area contributed by atoms with Gasteiger partial charge in [-0.25, -0.2) is 0 Å². The third-order valence-corrected chi connectivity index (χ3v) is 4.23. The van der Waals surface area contributed by atoms with E-state index in [2.05, 4.69) is 29.8 Å². The maximum Gasteiger partial charge on any atom is 0.203 e. The third kappa shape index (κ3) is 5.68. The Labute approximate surface area is 163 Å². The summed E-state index contributed by atoms with van der Waals surface area (Å²) in [7, 11) is 4.96. The van der Waals surface area contributed by atoms with E-state index in [1.165, 1.54) is 0 Å². The molecule has 1 atom stereocenters. The highest BCUT2D eigenvalue weighted by atomic mass is 35.5. The molecule has 1 heterocycles. The van der Waals surface area contributed by atoms with Crippen molar-refractivity contribution in [3.63, 3.8) is 0 Å². The number of methoxy groups -OCH3 is 3. The van der Waals surface area contributed by atoms with Crippen LogP contribution in [0.3, 0.4) is 0 Å². The standard InChI is InChI=1S/C18H28N2O3.2ClH/c1-13(2)12-15(20-10-8-19-9-11-20)14-6-7-16(21-3)18(23-5)17(14)22-4;;/h6-7,15,19H,1,8-12H2,2-5H3;2*1H/t15-;;/m1../s1. The van der Waals surface area contributed by atoms with Crippen LogP contribution in [0.1, 0.15) is 24.9 Å². The summed E-state index contributed by atoms with van der Waals surface area (Å²) in [6.07, 6.45) is 0.895. The molecule has 1 aliphatic rings. The molecule has 25 heavy (non-hydrogen) atoms. The van der Waals surface area contributed by atoms with Crippen LogP contribution in [-0.4, -0.2) is 52.4 Å². The molecule has 1 saturated heterocycles. The lowest BCUT2D eigenvalue weighted by atomic mass is 9.96. The quantitative estimate of drug-likeness (QED) is 0.719. The molecule has 0 saturated carbocycles. The van der Waals surface area contributed by atoms with Crippen LogP contribution in [0.4, 0.5) is 0 Å². The van der Waals surface area contributed by atoms with Crippen LogP contribution in [0.2, 0.25) is 0 Å². The Bertz CT molecular complexity index is 549. The fourth-order valence-electron chi connectivity index (χ4n) is 3.15. The average Bonchev–Trinajstić information content (AvgIpc) is 2.58. The molecule has 1 N–H and O–H groups in total. The van der Waals surface area contributed by atoms with Gasteiger partial charge in [0.2, 0.25) is 5.75 Å². The van der Waals surface area contributed by atoms with Crippen LogP contribution in [0.25, 0.3) is 0 Å². The number of benzene rings is 1. The zero-order valence-electron chi connectivity index (χ0n) is 15.5. The summed E-state index contributed by atoms with van der Waals surface area (Å²) in [4.78, 5) is 2.48. The maximum atomic E-state index is 5.69. The van der Waals surface area contributed by atoms with Crippen molar-refractivity contribution < 1.29 is 14.2 Å². The van der Waals surface area contributed by atoms with Gasteiger partial charge in [0.15, 0.2) is 11.5 Å². The molecule has 1 aromatic rings. The molecule has 0 radical (unpaired) electrons. The predicted octanol–water partition coefficient (Wildman–Crippen LogP) is 3.47.